The van der Waals surface area contributed by atoms with Crippen molar-refractivity contribution in [2.24, 2.45) is 5.73 Å². The first-order chi connectivity index (χ1) is 8.31. The van der Waals surface area contributed by atoms with Gasteiger partial charge in [0.1, 0.15) is 0 Å². The Hall–Kier alpha value is -0.0400. The van der Waals surface area contributed by atoms with E-state index in [-0.39, 0.29) is 0 Å². The lowest BCUT2D eigenvalue weighted by molar-refractivity contribution is 0.494. The first-order valence-corrected chi connectivity index (χ1v) is 8.06. The van der Waals surface area contributed by atoms with E-state index in [0.717, 1.165) is 0 Å². The normalized spacial score (nSPS) is 12.9. The maximum atomic E-state index is 6.06. The molecule has 0 heterocycles. The number of unbranched alkanes of at least 4 members (excludes halogenated alkanes) is 9. The average molecular weight is 241 g/mol. The third kappa shape index (κ3) is 13.9. The summed E-state index contributed by atoms with van der Waals surface area (Å²) in [7, 11) is 0. The van der Waals surface area contributed by atoms with Gasteiger partial charge in [-0.25, -0.2) is 0 Å². The van der Waals surface area contributed by atoms with E-state index in [1.807, 2.05) is 0 Å². The van der Waals surface area contributed by atoms with Crippen LogP contribution < -0.4 is 5.73 Å². The van der Waals surface area contributed by atoms with E-state index in [4.69, 9.17) is 5.73 Å². The minimum absolute atomic E-state index is 0.472. The van der Waals surface area contributed by atoms with Gasteiger partial charge in [0.25, 0.3) is 0 Å². The summed E-state index contributed by atoms with van der Waals surface area (Å²) in [4.78, 5) is 0. The van der Waals surface area contributed by atoms with Gasteiger partial charge in [-0.15, -0.1) is 0 Å². The van der Waals surface area contributed by atoms with Crippen molar-refractivity contribution in [3.05, 3.63) is 0 Å². The van der Waals surface area contributed by atoms with E-state index in [0.29, 0.717) is 6.04 Å². The Bertz CT molecular complexity index is 133. The predicted octanol–water partition coefficient (Wildman–Crippen LogP) is 5.42. The molecule has 0 amide bonds. The largest absolute Gasteiger partial charge is 0.328 e. The maximum absolute atomic E-state index is 6.06. The standard InChI is InChI=1S/C16H35N/c1-3-5-7-8-9-10-11-12-13-15-16(17)14-6-4-2/h16H,3-15,17H2,1-2H3. The smallest absolute Gasteiger partial charge is 0.00388 e. The molecule has 0 aromatic carbocycles. The number of rotatable bonds is 13. The van der Waals surface area contributed by atoms with Gasteiger partial charge >= 0.3 is 0 Å². The Morgan fingerprint density at radius 3 is 1.53 bits per heavy atom. The Kier molecular flexibility index (Phi) is 14.0. The molecular weight excluding hydrogens is 206 g/mol. The van der Waals surface area contributed by atoms with Crippen molar-refractivity contribution in [2.75, 3.05) is 0 Å². The lowest BCUT2D eigenvalue weighted by Crippen LogP contribution is -2.19. The van der Waals surface area contributed by atoms with Gasteiger partial charge < -0.3 is 5.73 Å². The van der Waals surface area contributed by atoms with Gasteiger partial charge in [-0.3, -0.25) is 0 Å². The molecule has 0 saturated heterocycles. The lowest BCUT2D eigenvalue weighted by Gasteiger charge is -2.10. The van der Waals surface area contributed by atoms with Crippen LogP contribution in [0.25, 0.3) is 0 Å². The Morgan fingerprint density at radius 1 is 0.588 bits per heavy atom. The zero-order valence-corrected chi connectivity index (χ0v) is 12.3. The van der Waals surface area contributed by atoms with E-state index < -0.39 is 0 Å². The maximum Gasteiger partial charge on any atom is 0.00388 e. The van der Waals surface area contributed by atoms with Crippen LogP contribution in [0.3, 0.4) is 0 Å². The van der Waals surface area contributed by atoms with Crippen LogP contribution in [0.15, 0.2) is 0 Å². The van der Waals surface area contributed by atoms with Crippen LogP contribution in [0.1, 0.15) is 97.3 Å². The van der Waals surface area contributed by atoms with Crippen molar-refractivity contribution < 1.29 is 0 Å². The first-order valence-electron chi connectivity index (χ1n) is 8.06. The lowest BCUT2D eigenvalue weighted by atomic mass is 10.0. The van der Waals surface area contributed by atoms with Crippen molar-refractivity contribution in [1.29, 1.82) is 0 Å². The molecule has 0 aliphatic rings. The molecule has 1 atom stereocenters. The molecule has 0 aliphatic heterocycles. The van der Waals surface area contributed by atoms with E-state index in [2.05, 4.69) is 13.8 Å². The summed E-state index contributed by atoms with van der Waals surface area (Å²) in [5.41, 5.74) is 6.06. The van der Waals surface area contributed by atoms with Crippen LogP contribution in [0.4, 0.5) is 0 Å². The second-order valence-corrected chi connectivity index (χ2v) is 5.52. The summed E-state index contributed by atoms with van der Waals surface area (Å²) in [6.07, 6.45) is 17.8. The second-order valence-electron chi connectivity index (χ2n) is 5.52. The van der Waals surface area contributed by atoms with Crippen LogP contribution in [0.2, 0.25) is 0 Å². The van der Waals surface area contributed by atoms with Crippen LogP contribution in [-0.2, 0) is 0 Å². The van der Waals surface area contributed by atoms with Crippen molar-refractivity contribution in [2.45, 2.75) is 103 Å². The molecule has 0 aromatic rings. The van der Waals surface area contributed by atoms with Crippen LogP contribution >= 0.6 is 0 Å². The van der Waals surface area contributed by atoms with Gasteiger partial charge in [0.05, 0.1) is 0 Å². The molecule has 2 N–H and O–H groups in total. The van der Waals surface area contributed by atoms with Gasteiger partial charge in [-0.2, -0.15) is 0 Å². The van der Waals surface area contributed by atoms with Crippen molar-refractivity contribution in [3.63, 3.8) is 0 Å². The molecular formula is C16H35N. The van der Waals surface area contributed by atoms with Crippen molar-refractivity contribution in [3.8, 4) is 0 Å². The summed E-state index contributed by atoms with van der Waals surface area (Å²) >= 11 is 0. The highest BCUT2D eigenvalue weighted by molar-refractivity contribution is 4.61. The van der Waals surface area contributed by atoms with Crippen LogP contribution in [0, 0.1) is 0 Å². The minimum atomic E-state index is 0.472. The third-order valence-electron chi connectivity index (χ3n) is 3.61. The van der Waals surface area contributed by atoms with Crippen LogP contribution in [-0.4, -0.2) is 6.04 Å². The highest BCUT2D eigenvalue weighted by Crippen LogP contribution is 2.12. The average Bonchev–Trinajstić information content (AvgIpc) is 2.34. The summed E-state index contributed by atoms with van der Waals surface area (Å²) < 4.78 is 0. The molecule has 0 rings (SSSR count). The van der Waals surface area contributed by atoms with Gasteiger partial charge in [0.2, 0.25) is 0 Å². The van der Waals surface area contributed by atoms with E-state index in [9.17, 15) is 0 Å². The van der Waals surface area contributed by atoms with E-state index in [1.165, 1.54) is 83.5 Å². The molecule has 0 aliphatic carbocycles. The Morgan fingerprint density at radius 2 is 1.00 bits per heavy atom. The molecule has 1 heteroatoms. The molecule has 0 saturated carbocycles. The minimum Gasteiger partial charge on any atom is -0.328 e. The zero-order chi connectivity index (χ0) is 12.8. The van der Waals surface area contributed by atoms with Crippen molar-refractivity contribution in [1.82, 2.24) is 0 Å². The van der Waals surface area contributed by atoms with Gasteiger partial charge in [0.15, 0.2) is 0 Å². The number of hydrogen-bond donors (Lipinski definition) is 1. The van der Waals surface area contributed by atoms with Gasteiger partial charge in [0, 0.05) is 6.04 Å². The first kappa shape index (κ1) is 17.0. The fourth-order valence-electron chi connectivity index (χ4n) is 2.33. The molecule has 17 heavy (non-hydrogen) atoms. The molecule has 0 bridgehead atoms. The summed E-state index contributed by atoms with van der Waals surface area (Å²) in [6, 6.07) is 0.472. The van der Waals surface area contributed by atoms with Gasteiger partial charge in [-0.1, -0.05) is 84.5 Å². The highest BCUT2D eigenvalue weighted by atomic mass is 14.6. The molecule has 1 unspecified atom stereocenters. The van der Waals surface area contributed by atoms with Crippen molar-refractivity contribution >= 4 is 0 Å². The molecule has 0 radical (unpaired) electrons. The Labute approximate surface area is 110 Å². The molecule has 0 fully saturated rings. The van der Waals surface area contributed by atoms with Gasteiger partial charge in [-0.05, 0) is 12.8 Å². The Balaban J connectivity index is 3.02. The zero-order valence-electron chi connectivity index (χ0n) is 12.3. The summed E-state index contributed by atoms with van der Waals surface area (Å²) in [6.45, 7) is 4.52. The second kappa shape index (κ2) is 14.0. The molecule has 1 nitrogen and oxygen atoms in total. The summed E-state index contributed by atoms with van der Waals surface area (Å²) in [5, 5.41) is 0. The number of hydrogen-bond acceptors (Lipinski definition) is 1. The third-order valence-corrected chi connectivity index (χ3v) is 3.61. The number of nitrogens with two attached hydrogens (primary N) is 1. The molecule has 0 spiro atoms. The fraction of sp³-hybridized carbons (Fsp3) is 1.00. The molecule has 104 valence electrons. The van der Waals surface area contributed by atoms with Crippen LogP contribution in [0.5, 0.6) is 0 Å². The monoisotopic (exact) mass is 241 g/mol. The van der Waals surface area contributed by atoms with E-state index >= 15 is 0 Å². The van der Waals surface area contributed by atoms with E-state index in [1.54, 1.807) is 0 Å². The fourth-order valence-corrected chi connectivity index (χ4v) is 2.33. The predicted molar refractivity (Wildman–Crippen MR) is 79.3 cm³/mol. The SMILES string of the molecule is CCCCCCCCCCCC(N)CCCC. The highest BCUT2D eigenvalue weighted by Gasteiger charge is 2.01. The quantitative estimate of drug-likeness (QED) is 0.428. The molecule has 0 aromatic heterocycles. The summed E-state index contributed by atoms with van der Waals surface area (Å²) in [5.74, 6) is 0. The topological polar surface area (TPSA) is 26.0 Å².